The summed E-state index contributed by atoms with van der Waals surface area (Å²) < 4.78 is 15.3. The quantitative estimate of drug-likeness (QED) is 0.334. The molecule has 25 heavy (non-hydrogen) atoms. The van der Waals surface area contributed by atoms with Crippen molar-refractivity contribution in [3.05, 3.63) is 0 Å². The lowest BCUT2D eigenvalue weighted by atomic mass is 10.4. The lowest BCUT2D eigenvalue weighted by Gasteiger charge is -2.12. The minimum atomic E-state index is -0.831. The van der Waals surface area contributed by atoms with Gasteiger partial charge in [-0.2, -0.15) is 0 Å². The molecule has 1 saturated heterocycles. The minimum absolute atomic E-state index is 0.0289. The van der Waals surface area contributed by atoms with Crippen LogP contribution in [-0.2, 0) is 38.2 Å². The fourth-order valence-electron chi connectivity index (χ4n) is 1.78. The van der Waals surface area contributed by atoms with Gasteiger partial charge in [0.15, 0.2) is 0 Å². The summed E-state index contributed by atoms with van der Waals surface area (Å²) in [5.74, 6) is -2.11. The van der Waals surface area contributed by atoms with Crippen molar-refractivity contribution >= 4 is 23.7 Å². The Balaban J connectivity index is 1.93. The van der Waals surface area contributed by atoms with Crippen molar-refractivity contribution in [2.75, 3.05) is 46.2 Å². The van der Waals surface area contributed by atoms with Crippen molar-refractivity contribution in [2.45, 2.75) is 26.2 Å². The first-order valence-electron chi connectivity index (χ1n) is 8.11. The van der Waals surface area contributed by atoms with Gasteiger partial charge in [-0.15, -0.1) is 5.06 Å². The molecule has 142 valence electrons. The number of amides is 3. The average Bonchev–Trinajstić information content (AvgIpc) is 2.89. The Morgan fingerprint density at radius 1 is 0.960 bits per heavy atom. The zero-order valence-corrected chi connectivity index (χ0v) is 14.3. The first kappa shape index (κ1) is 21.0. The van der Waals surface area contributed by atoms with E-state index in [0.717, 1.165) is 6.42 Å². The normalized spacial score (nSPS) is 14.0. The fraction of sp³-hybridized carbons (Fsp3) is 0.733. The second kappa shape index (κ2) is 12.3. The molecule has 10 heteroatoms. The Labute approximate surface area is 145 Å². The molecule has 3 amide bonds. The highest BCUT2D eigenvalue weighted by molar-refractivity contribution is 6.01. The summed E-state index contributed by atoms with van der Waals surface area (Å²) in [7, 11) is 0. The number of hydrogen-bond donors (Lipinski definition) is 1. The topological polar surface area (TPSA) is 120 Å². The summed E-state index contributed by atoms with van der Waals surface area (Å²) in [5.41, 5.74) is 0. The van der Waals surface area contributed by atoms with Gasteiger partial charge in [-0.1, -0.05) is 6.92 Å². The molecule has 0 bridgehead atoms. The van der Waals surface area contributed by atoms with Gasteiger partial charge in [0.05, 0.1) is 19.8 Å². The number of imide groups is 1. The Morgan fingerprint density at radius 3 is 2.28 bits per heavy atom. The van der Waals surface area contributed by atoms with Gasteiger partial charge >= 0.3 is 5.97 Å². The Kier molecular flexibility index (Phi) is 10.4. The van der Waals surface area contributed by atoms with Crippen molar-refractivity contribution < 1.29 is 38.2 Å². The van der Waals surface area contributed by atoms with Crippen molar-refractivity contribution in [2.24, 2.45) is 0 Å². The minimum Gasteiger partial charge on any atom is -0.377 e. The molecular weight excluding hydrogens is 336 g/mol. The highest BCUT2D eigenvalue weighted by Gasteiger charge is 2.32. The van der Waals surface area contributed by atoms with Gasteiger partial charge in [-0.3, -0.25) is 14.4 Å². The number of hydrogen-bond acceptors (Lipinski definition) is 8. The van der Waals surface area contributed by atoms with Crippen LogP contribution in [0.5, 0.6) is 0 Å². The molecule has 1 heterocycles. The zero-order chi connectivity index (χ0) is 18.5. The van der Waals surface area contributed by atoms with E-state index in [9.17, 15) is 19.2 Å². The van der Waals surface area contributed by atoms with Gasteiger partial charge in [-0.05, 0) is 6.42 Å². The maximum Gasteiger partial charge on any atom is 0.358 e. The van der Waals surface area contributed by atoms with Gasteiger partial charge in [0.2, 0.25) is 5.91 Å². The summed E-state index contributed by atoms with van der Waals surface area (Å²) >= 11 is 0. The lowest BCUT2D eigenvalue weighted by Crippen LogP contribution is -2.33. The highest BCUT2D eigenvalue weighted by atomic mass is 16.7. The number of nitrogens with one attached hydrogen (secondary N) is 1. The van der Waals surface area contributed by atoms with E-state index in [2.05, 4.69) is 10.2 Å². The molecule has 0 atom stereocenters. The van der Waals surface area contributed by atoms with E-state index >= 15 is 0 Å². The first-order valence-corrected chi connectivity index (χ1v) is 8.11. The van der Waals surface area contributed by atoms with E-state index in [1.54, 1.807) is 0 Å². The summed E-state index contributed by atoms with van der Waals surface area (Å²) in [4.78, 5) is 49.8. The van der Waals surface area contributed by atoms with Crippen LogP contribution in [0.3, 0.4) is 0 Å². The van der Waals surface area contributed by atoms with Crippen LogP contribution in [-0.4, -0.2) is 74.9 Å². The van der Waals surface area contributed by atoms with Crippen LogP contribution in [0.15, 0.2) is 0 Å². The van der Waals surface area contributed by atoms with Crippen molar-refractivity contribution in [3.63, 3.8) is 0 Å². The predicted octanol–water partition coefficient (Wildman–Crippen LogP) is -0.830. The molecule has 0 unspecified atom stereocenters. The Morgan fingerprint density at radius 2 is 1.60 bits per heavy atom. The van der Waals surface area contributed by atoms with E-state index in [0.29, 0.717) is 24.8 Å². The molecule has 0 spiro atoms. The van der Waals surface area contributed by atoms with Crippen molar-refractivity contribution in [1.29, 1.82) is 0 Å². The second-order valence-corrected chi connectivity index (χ2v) is 5.11. The smallest absolute Gasteiger partial charge is 0.358 e. The monoisotopic (exact) mass is 360 g/mol. The van der Waals surface area contributed by atoms with E-state index in [4.69, 9.17) is 14.2 Å². The largest absolute Gasteiger partial charge is 0.377 e. The first-order chi connectivity index (χ1) is 12.0. The summed E-state index contributed by atoms with van der Waals surface area (Å²) in [6.07, 6.45) is 0.943. The molecule has 0 aliphatic carbocycles. The van der Waals surface area contributed by atoms with Gasteiger partial charge in [0.1, 0.15) is 13.2 Å². The van der Waals surface area contributed by atoms with Gasteiger partial charge < -0.3 is 24.4 Å². The second-order valence-electron chi connectivity index (χ2n) is 5.11. The van der Waals surface area contributed by atoms with E-state index in [1.807, 2.05) is 6.92 Å². The molecule has 0 aromatic heterocycles. The van der Waals surface area contributed by atoms with Crippen LogP contribution in [0.1, 0.15) is 26.2 Å². The number of carbonyl (C=O) groups is 4. The summed E-state index contributed by atoms with van der Waals surface area (Å²) in [5, 5.41) is 3.09. The van der Waals surface area contributed by atoms with Crippen LogP contribution >= 0.6 is 0 Å². The number of hydroxylamine groups is 2. The molecule has 1 rings (SSSR count). The van der Waals surface area contributed by atoms with Crippen LogP contribution in [0.25, 0.3) is 0 Å². The maximum atomic E-state index is 11.4. The molecule has 1 aliphatic rings. The highest BCUT2D eigenvalue weighted by Crippen LogP contribution is 2.11. The molecule has 1 fully saturated rings. The van der Waals surface area contributed by atoms with Gasteiger partial charge in [-0.25, -0.2) is 4.79 Å². The third kappa shape index (κ3) is 9.13. The van der Waals surface area contributed by atoms with Gasteiger partial charge in [0, 0.05) is 26.0 Å². The predicted molar refractivity (Wildman–Crippen MR) is 82.9 cm³/mol. The van der Waals surface area contributed by atoms with E-state index in [-0.39, 0.29) is 38.6 Å². The number of rotatable bonds is 13. The molecule has 1 aliphatic heterocycles. The summed E-state index contributed by atoms with van der Waals surface area (Å²) in [6, 6.07) is 0. The Bertz CT molecular complexity index is 452. The standard InChI is InChI=1S/C15H24N2O8/c1-2-6-23-10-12(18)16-5-7-22-8-9-24-11-15(21)25-17-13(19)3-4-14(17)20/h2-11H2,1H3,(H,16,18). The average molecular weight is 360 g/mol. The van der Waals surface area contributed by atoms with E-state index < -0.39 is 24.4 Å². The lowest BCUT2D eigenvalue weighted by molar-refractivity contribution is -0.200. The fourth-order valence-corrected chi connectivity index (χ4v) is 1.78. The number of ether oxygens (including phenoxy) is 3. The van der Waals surface area contributed by atoms with Crippen LogP contribution in [0.2, 0.25) is 0 Å². The molecular formula is C15H24N2O8. The third-order valence-corrected chi connectivity index (χ3v) is 2.94. The SMILES string of the molecule is CCCOCC(=O)NCCOCCOCC(=O)ON1C(=O)CCC1=O. The molecule has 10 nitrogen and oxygen atoms in total. The molecule has 0 saturated carbocycles. The van der Waals surface area contributed by atoms with Crippen molar-refractivity contribution in [1.82, 2.24) is 10.4 Å². The molecule has 0 radical (unpaired) electrons. The Hall–Kier alpha value is -2.04. The van der Waals surface area contributed by atoms with Gasteiger partial charge in [0.25, 0.3) is 11.8 Å². The van der Waals surface area contributed by atoms with Crippen LogP contribution in [0.4, 0.5) is 0 Å². The van der Waals surface area contributed by atoms with Crippen molar-refractivity contribution in [3.8, 4) is 0 Å². The number of nitrogens with zero attached hydrogens (tertiary/aromatic N) is 1. The summed E-state index contributed by atoms with van der Waals surface area (Å²) in [6.45, 7) is 3.12. The zero-order valence-electron chi connectivity index (χ0n) is 14.3. The van der Waals surface area contributed by atoms with Crippen LogP contribution < -0.4 is 5.32 Å². The van der Waals surface area contributed by atoms with Crippen LogP contribution in [0, 0.1) is 0 Å². The molecule has 0 aromatic carbocycles. The molecule has 0 aromatic rings. The maximum absolute atomic E-state index is 11.4. The number of carbonyl (C=O) groups excluding carboxylic acids is 4. The van der Waals surface area contributed by atoms with E-state index in [1.165, 1.54) is 0 Å². The third-order valence-electron chi connectivity index (χ3n) is 2.94. The molecule has 1 N–H and O–H groups in total.